The molecule has 7 nitrogen and oxygen atoms in total. The van der Waals surface area contributed by atoms with Gasteiger partial charge in [-0.3, -0.25) is 0 Å². The maximum absolute atomic E-state index is 11.6. The predicted molar refractivity (Wildman–Crippen MR) is 101 cm³/mol. The minimum absolute atomic E-state index is 0.0610. The van der Waals surface area contributed by atoms with Gasteiger partial charge in [-0.05, 0) is 19.3 Å². The summed E-state index contributed by atoms with van der Waals surface area (Å²) in [5.74, 6) is 2.29. The maximum Gasteiger partial charge on any atom is 0.277 e. The lowest BCUT2D eigenvalue weighted by Gasteiger charge is -2.04. The number of aromatic nitrogens is 3. The first-order valence-electron chi connectivity index (χ1n) is 8.69. The van der Waals surface area contributed by atoms with Crippen molar-refractivity contribution in [1.82, 2.24) is 15.2 Å². The standard InChI is InChI=1S/C18H19N3O4S2/c1-12(17-19-10-15(24-17)14-5-3-2-4-6-14)26-18-21-20-16(25-18)9-13-7-8-27(22,23)11-13/h2-6,10,12-13H,7-9,11H2,1H3/t12-,13-/m1/s1. The van der Waals surface area contributed by atoms with Gasteiger partial charge in [0.15, 0.2) is 15.6 Å². The highest BCUT2D eigenvalue weighted by Crippen LogP contribution is 2.35. The molecule has 0 aliphatic carbocycles. The fourth-order valence-corrected chi connectivity index (χ4v) is 5.67. The molecule has 0 unspecified atom stereocenters. The highest BCUT2D eigenvalue weighted by atomic mass is 32.2. The van der Waals surface area contributed by atoms with Crippen LogP contribution in [0.3, 0.4) is 0 Å². The van der Waals surface area contributed by atoms with E-state index in [1.807, 2.05) is 37.3 Å². The minimum atomic E-state index is -2.90. The monoisotopic (exact) mass is 405 g/mol. The Bertz CT molecular complexity index is 1010. The van der Waals surface area contributed by atoms with Crippen LogP contribution in [0, 0.1) is 5.92 Å². The Kier molecular flexibility index (Phi) is 5.05. The molecular weight excluding hydrogens is 386 g/mol. The molecule has 2 atom stereocenters. The van der Waals surface area contributed by atoms with Crippen molar-refractivity contribution in [3.8, 4) is 11.3 Å². The second kappa shape index (κ2) is 7.47. The smallest absolute Gasteiger partial charge is 0.277 e. The highest BCUT2D eigenvalue weighted by Gasteiger charge is 2.29. The van der Waals surface area contributed by atoms with Crippen molar-refractivity contribution in [3.05, 3.63) is 48.3 Å². The molecule has 3 heterocycles. The van der Waals surface area contributed by atoms with E-state index in [-0.39, 0.29) is 22.7 Å². The molecule has 3 aromatic rings. The summed E-state index contributed by atoms with van der Waals surface area (Å²) in [6.07, 6.45) is 2.86. The first-order chi connectivity index (χ1) is 13.0. The molecule has 0 radical (unpaired) electrons. The molecule has 0 amide bonds. The largest absolute Gasteiger partial charge is 0.440 e. The van der Waals surface area contributed by atoms with Crippen molar-refractivity contribution in [2.75, 3.05) is 11.5 Å². The summed E-state index contributed by atoms with van der Waals surface area (Å²) >= 11 is 1.37. The molecule has 1 aliphatic heterocycles. The van der Waals surface area contributed by atoms with Crippen molar-refractivity contribution in [2.24, 2.45) is 5.92 Å². The molecule has 4 rings (SSSR count). The lowest BCUT2D eigenvalue weighted by atomic mass is 10.1. The van der Waals surface area contributed by atoms with Gasteiger partial charge in [0.05, 0.1) is 23.0 Å². The summed E-state index contributed by atoms with van der Waals surface area (Å²) in [4.78, 5) is 4.35. The molecule has 0 saturated carbocycles. The van der Waals surface area contributed by atoms with Gasteiger partial charge >= 0.3 is 0 Å². The SMILES string of the molecule is C[C@@H](Sc1nnc(C[C@H]2CCS(=O)(=O)C2)o1)c1ncc(-c2ccccc2)o1. The molecule has 0 bridgehead atoms. The van der Waals surface area contributed by atoms with E-state index >= 15 is 0 Å². The van der Waals surface area contributed by atoms with E-state index < -0.39 is 9.84 Å². The van der Waals surface area contributed by atoms with E-state index in [0.29, 0.717) is 35.6 Å². The Morgan fingerprint density at radius 2 is 2.04 bits per heavy atom. The molecule has 142 valence electrons. The lowest BCUT2D eigenvalue weighted by Crippen LogP contribution is -2.07. The van der Waals surface area contributed by atoms with Crippen LogP contribution in [0.5, 0.6) is 0 Å². The molecule has 0 spiro atoms. The number of nitrogens with zero attached hydrogens (tertiary/aromatic N) is 3. The quantitative estimate of drug-likeness (QED) is 0.574. The molecule has 1 aliphatic rings. The maximum atomic E-state index is 11.6. The van der Waals surface area contributed by atoms with Crippen LogP contribution in [0.4, 0.5) is 0 Å². The molecule has 2 aromatic heterocycles. The Hall–Kier alpha value is -2.13. The van der Waals surface area contributed by atoms with Crippen LogP contribution in [0.25, 0.3) is 11.3 Å². The number of thioether (sulfide) groups is 1. The van der Waals surface area contributed by atoms with Crippen LogP contribution in [0.2, 0.25) is 0 Å². The minimum Gasteiger partial charge on any atom is -0.440 e. The Morgan fingerprint density at radius 3 is 2.78 bits per heavy atom. The van der Waals surface area contributed by atoms with Crippen molar-refractivity contribution in [1.29, 1.82) is 0 Å². The van der Waals surface area contributed by atoms with E-state index in [1.165, 1.54) is 11.8 Å². The van der Waals surface area contributed by atoms with E-state index in [2.05, 4.69) is 15.2 Å². The van der Waals surface area contributed by atoms with Crippen molar-refractivity contribution < 1.29 is 17.3 Å². The van der Waals surface area contributed by atoms with Gasteiger partial charge in [-0.1, -0.05) is 42.1 Å². The van der Waals surface area contributed by atoms with E-state index in [9.17, 15) is 8.42 Å². The van der Waals surface area contributed by atoms with E-state index in [0.717, 1.165) is 5.56 Å². The Labute approximate surface area is 161 Å². The van der Waals surface area contributed by atoms with Gasteiger partial charge < -0.3 is 8.83 Å². The van der Waals surface area contributed by atoms with Crippen LogP contribution in [-0.4, -0.2) is 35.1 Å². The van der Waals surface area contributed by atoms with Crippen LogP contribution in [0.15, 0.2) is 50.6 Å². The molecule has 1 fully saturated rings. The summed E-state index contributed by atoms with van der Waals surface area (Å²) in [5, 5.41) is 8.43. The van der Waals surface area contributed by atoms with Crippen LogP contribution >= 0.6 is 11.8 Å². The molecular formula is C18H19N3O4S2. The normalized spacial score (nSPS) is 20.0. The second-order valence-corrected chi connectivity index (χ2v) is 10.1. The number of benzene rings is 1. The van der Waals surface area contributed by atoms with Gasteiger partial charge in [0.25, 0.3) is 5.22 Å². The summed E-state index contributed by atoms with van der Waals surface area (Å²) in [5.41, 5.74) is 0.972. The molecule has 1 saturated heterocycles. The van der Waals surface area contributed by atoms with Crippen LogP contribution < -0.4 is 0 Å². The fraction of sp³-hybridized carbons (Fsp3) is 0.389. The van der Waals surface area contributed by atoms with Gasteiger partial charge in [-0.2, -0.15) is 0 Å². The molecule has 27 heavy (non-hydrogen) atoms. The first-order valence-corrected chi connectivity index (χ1v) is 11.4. The Balaban J connectivity index is 1.38. The summed E-state index contributed by atoms with van der Waals surface area (Å²) in [7, 11) is -2.90. The average molecular weight is 406 g/mol. The van der Waals surface area contributed by atoms with Crippen LogP contribution in [0.1, 0.15) is 30.4 Å². The first kappa shape index (κ1) is 18.2. The lowest BCUT2D eigenvalue weighted by molar-refractivity contribution is 0.388. The zero-order chi connectivity index (χ0) is 18.9. The van der Waals surface area contributed by atoms with Crippen molar-refractivity contribution in [3.63, 3.8) is 0 Å². The summed E-state index contributed by atoms with van der Waals surface area (Å²) in [6, 6.07) is 9.79. The number of sulfone groups is 1. The topological polar surface area (TPSA) is 99.1 Å². The van der Waals surface area contributed by atoms with E-state index in [4.69, 9.17) is 8.83 Å². The summed E-state index contributed by atoms with van der Waals surface area (Å²) < 4.78 is 34.6. The number of rotatable bonds is 6. The van der Waals surface area contributed by atoms with Crippen LogP contribution in [-0.2, 0) is 16.3 Å². The second-order valence-electron chi connectivity index (χ2n) is 6.62. The third-order valence-electron chi connectivity index (χ3n) is 4.45. The predicted octanol–water partition coefficient (Wildman–Crippen LogP) is 3.56. The summed E-state index contributed by atoms with van der Waals surface area (Å²) in [6.45, 7) is 1.96. The van der Waals surface area contributed by atoms with Gasteiger partial charge in [0.1, 0.15) is 0 Å². The zero-order valence-corrected chi connectivity index (χ0v) is 16.4. The third kappa shape index (κ3) is 4.41. The third-order valence-corrected chi connectivity index (χ3v) is 7.20. The van der Waals surface area contributed by atoms with Crippen molar-refractivity contribution in [2.45, 2.75) is 30.2 Å². The molecule has 1 aromatic carbocycles. The van der Waals surface area contributed by atoms with Gasteiger partial charge in [-0.15, -0.1) is 10.2 Å². The van der Waals surface area contributed by atoms with Gasteiger partial charge in [0, 0.05) is 12.0 Å². The Morgan fingerprint density at radius 1 is 1.22 bits per heavy atom. The number of hydrogen-bond donors (Lipinski definition) is 0. The molecule has 9 heteroatoms. The number of hydrogen-bond acceptors (Lipinski definition) is 8. The average Bonchev–Trinajstić information content (AvgIpc) is 3.36. The van der Waals surface area contributed by atoms with Gasteiger partial charge in [0.2, 0.25) is 11.8 Å². The van der Waals surface area contributed by atoms with Gasteiger partial charge in [-0.25, -0.2) is 13.4 Å². The number of oxazole rings is 1. The highest BCUT2D eigenvalue weighted by molar-refractivity contribution is 7.99. The molecule has 0 N–H and O–H groups in total. The van der Waals surface area contributed by atoms with Crippen molar-refractivity contribution >= 4 is 21.6 Å². The fourth-order valence-electron chi connectivity index (χ4n) is 3.06. The zero-order valence-electron chi connectivity index (χ0n) is 14.7. The van der Waals surface area contributed by atoms with E-state index in [1.54, 1.807) is 6.20 Å².